The zero-order valence-corrected chi connectivity index (χ0v) is 12.9. The Morgan fingerprint density at radius 2 is 2.00 bits per heavy atom. The summed E-state index contributed by atoms with van der Waals surface area (Å²) in [4.78, 5) is 3.98. The first kappa shape index (κ1) is 15.7. The summed E-state index contributed by atoms with van der Waals surface area (Å²) in [6, 6.07) is 9.47. The minimum atomic E-state index is -3.58. The lowest BCUT2D eigenvalue weighted by atomic mass is 10.2. The summed E-state index contributed by atoms with van der Waals surface area (Å²) in [5, 5.41) is 0. The van der Waals surface area contributed by atoms with Crippen LogP contribution in [0.1, 0.15) is 24.1 Å². The molecule has 21 heavy (non-hydrogen) atoms. The van der Waals surface area contributed by atoms with Crippen LogP contribution in [0.3, 0.4) is 0 Å². The van der Waals surface area contributed by atoms with Crippen LogP contribution in [0, 0.1) is 6.92 Å². The molecule has 0 bridgehead atoms. The van der Waals surface area contributed by atoms with Crippen molar-refractivity contribution in [2.45, 2.75) is 26.9 Å². The molecule has 0 aliphatic carbocycles. The van der Waals surface area contributed by atoms with Crippen molar-refractivity contribution >= 4 is 10.2 Å². The minimum Gasteiger partial charge on any atom is -0.445 e. The van der Waals surface area contributed by atoms with Gasteiger partial charge < -0.3 is 4.42 Å². The minimum absolute atomic E-state index is 0.0431. The molecule has 1 heterocycles. The van der Waals surface area contributed by atoms with Gasteiger partial charge in [-0.05, 0) is 12.5 Å². The Balaban J connectivity index is 2.01. The molecule has 2 aromatic rings. The molecule has 7 heteroatoms. The fourth-order valence-corrected chi connectivity index (χ4v) is 3.03. The van der Waals surface area contributed by atoms with E-state index in [0.29, 0.717) is 24.7 Å². The van der Waals surface area contributed by atoms with Crippen molar-refractivity contribution in [1.82, 2.24) is 14.0 Å². The molecule has 1 N–H and O–H groups in total. The Kier molecular flexibility index (Phi) is 5.11. The molecular formula is C14H19N3O3S. The second-order valence-electron chi connectivity index (χ2n) is 4.60. The molecule has 0 amide bonds. The highest BCUT2D eigenvalue weighted by molar-refractivity contribution is 7.87. The van der Waals surface area contributed by atoms with Gasteiger partial charge in [0.2, 0.25) is 5.89 Å². The molecule has 0 radical (unpaired) electrons. The average molecular weight is 309 g/mol. The fourth-order valence-electron chi connectivity index (χ4n) is 1.88. The molecule has 0 atom stereocenters. The normalized spacial score (nSPS) is 12.0. The smallest absolute Gasteiger partial charge is 0.280 e. The van der Waals surface area contributed by atoms with E-state index in [0.717, 1.165) is 5.56 Å². The lowest BCUT2D eigenvalue weighted by Crippen LogP contribution is -2.39. The number of nitrogens with one attached hydrogen (secondary N) is 1. The molecule has 114 valence electrons. The second-order valence-corrected chi connectivity index (χ2v) is 6.36. The van der Waals surface area contributed by atoms with E-state index in [-0.39, 0.29) is 6.54 Å². The molecule has 0 aliphatic rings. The van der Waals surface area contributed by atoms with Gasteiger partial charge in [-0.25, -0.2) is 4.98 Å². The molecule has 1 aromatic heterocycles. The van der Waals surface area contributed by atoms with Crippen molar-refractivity contribution in [1.29, 1.82) is 0 Å². The van der Waals surface area contributed by atoms with E-state index in [1.165, 1.54) is 4.31 Å². The van der Waals surface area contributed by atoms with Gasteiger partial charge in [-0.15, -0.1) is 0 Å². The van der Waals surface area contributed by atoms with Gasteiger partial charge in [-0.3, -0.25) is 0 Å². The predicted molar refractivity (Wildman–Crippen MR) is 79.5 cm³/mol. The number of rotatable bonds is 7. The SMILES string of the molecule is CCN(Cc1ccccc1)S(=O)(=O)NCc1ncc(C)o1. The number of hydrogen-bond donors (Lipinski definition) is 1. The Morgan fingerprint density at radius 1 is 1.29 bits per heavy atom. The molecule has 0 fully saturated rings. The summed E-state index contributed by atoms with van der Waals surface area (Å²) >= 11 is 0. The first-order valence-corrected chi connectivity index (χ1v) is 8.15. The maximum absolute atomic E-state index is 12.3. The quantitative estimate of drug-likeness (QED) is 0.847. The maximum Gasteiger partial charge on any atom is 0.280 e. The third-order valence-electron chi connectivity index (χ3n) is 2.97. The van der Waals surface area contributed by atoms with Crippen molar-refractivity contribution < 1.29 is 12.8 Å². The summed E-state index contributed by atoms with van der Waals surface area (Å²) in [5.41, 5.74) is 0.941. The molecule has 0 aliphatic heterocycles. The number of aromatic nitrogens is 1. The topological polar surface area (TPSA) is 75.4 Å². The number of oxazole rings is 1. The van der Waals surface area contributed by atoms with Gasteiger partial charge in [-0.2, -0.15) is 17.4 Å². The molecular weight excluding hydrogens is 290 g/mol. The third kappa shape index (κ3) is 4.38. The van der Waals surface area contributed by atoms with Crippen LogP contribution in [0.5, 0.6) is 0 Å². The zero-order chi connectivity index (χ0) is 15.3. The van der Waals surface area contributed by atoms with Crippen molar-refractivity contribution in [2.24, 2.45) is 0 Å². The van der Waals surface area contributed by atoms with E-state index in [2.05, 4.69) is 9.71 Å². The highest BCUT2D eigenvalue weighted by Gasteiger charge is 2.20. The van der Waals surface area contributed by atoms with Crippen molar-refractivity contribution in [3.05, 3.63) is 53.7 Å². The Morgan fingerprint density at radius 3 is 2.57 bits per heavy atom. The maximum atomic E-state index is 12.3. The zero-order valence-electron chi connectivity index (χ0n) is 12.1. The first-order chi connectivity index (χ1) is 10.0. The largest absolute Gasteiger partial charge is 0.445 e. The van der Waals surface area contributed by atoms with E-state index >= 15 is 0 Å². The summed E-state index contributed by atoms with van der Waals surface area (Å²) in [6.45, 7) is 4.32. The van der Waals surface area contributed by atoms with Crippen LogP contribution in [0.4, 0.5) is 0 Å². The van der Waals surface area contributed by atoms with Crippen LogP contribution in [0.15, 0.2) is 40.9 Å². The van der Waals surface area contributed by atoms with E-state index in [9.17, 15) is 8.42 Å². The van der Waals surface area contributed by atoms with E-state index in [1.807, 2.05) is 30.3 Å². The van der Waals surface area contributed by atoms with Crippen LogP contribution in [-0.4, -0.2) is 24.3 Å². The standard InChI is InChI=1S/C14H19N3O3S/c1-3-17(11-13-7-5-4-6-8-13)21(18,19)16-10-14-15-9-12(2)20-14/h4-9,16H,3,10-11H2,1-2H3. The van der Waals surface area contributed by atoms with Crippen LogP contribution >= 0.6 is 0 Å². The molecule has 0 saturated carbocycles. The van der Waals surface area contributed by atoms with Crippen molar-refractivity contribution in [3.8, 4) is 0 Å². The molecule has 1 aromatic carbocycles. The van der Waals surface area contributed by atoms with Crippen molar-refractivity contribution in [3.63, 3.8) is 0 Å². The van der Waals surface area contributed by atoms with Crippen LogP contribution in [0.25, 0.3) is 0 Å². The van der Waals surface area contributed by atoms with E-state index < -0.39 is 10.2 Å². The second kappa shape index (κ2) is 6.84. The summed E-state index contributed by atoms with van der Waals surface area (Å²) in [6.07, 6.45) is 1.56. The van der Waals surface area contributed by atoms with E-state index in [4.69, 9.17) is 4.42 Å². The monoisotopic (exact) mass is 309 g/mol. The highest BCUT2D eigenvalue weighted by Crippen LogP contribution is 2.09. The van der Waals surface area contributed by atoms with Crippen molar-refractivity contribution in [2.75, 3.05) is 6.54 Å². The molecule has 6 nitrogen and oxygen atoms in total. The number of benzene rings is 1. The number of nitrogens with zero attached hydrogens (tertiary/aromatic N) is 2. The Bertz CT molecular complexity index is 668. The lowest BCUT2D eigenvalue weighted by molar-refractivity contribution is 0.406. The molecule has 2 rings (SSSR count). The molecule has 0 saturated heterocycles. The number of aryl methyl sites for hydroxylation is 1. The molecule has 0 unspecified atom stereocenters. The third-order valence-corrected chi connectivity index (χ3v) is 4.55. The average Bonchev–Trinajstić information content (AvgIpc) is 2.89. The van der Waals surface area contributed by atoms with Gasteiger partial charge in [0, 0.05) is 13.1 Å². The highest BCUT2D eigenvalue weighted by atomic mass is 32.2. The van der Waals surface area contributed by atoms with Gasteiger partial charge in [-0.1, -0.05) is 37.3 Å². The van der Waals surface area contributed by atoms with Gasteiger partial charge >= 0.3 is 0 Å². The van der Waals surface area contributed by atoms with Gasteiger partial charge in [0.1, 0.15) is 5.76 Å². The summed E-state index contributed by atoms with van der Waals surface area (Å²) < 4.78 is 33.7. The first-order valence-electron chi connectivity index (χ1n) is 6.71. The van der Waals surface area contributed by atoms with Gasteiger partial charge in [0.15, 0.2) is 0 Å². The van der Waals surface area contributed by atoms with E-state index in [1.54, 1.807) is 20.0 Å². The fraction of sp³-hybridized carbons (Fsp3) is 0.357. The summed E-state index contributed by atoms with van der Waals surface area (Å²) in [5.74, 6) is 1.01. The lowest BCUT2D eigenvalue weighted by Gasteiger charge is -2.20. The van der Waals surface area contributed by atoms with Crippen LogP contribution < -0.4 is 4.72 Å². The van der Waals surface area contributed by atoms with Crippen LogP contribution in [-0.2, 0) is 23.3 Å². The van der Waals surface area contributed by atoms with Gasteiger partial charge in [0.25, 0.3) is 10.2 Å². The Hall–Kier alpha value is -1.70. The van der Waals surface area contributed by atoms with Crippen LogP contribution in [0.2, 0.25) is 0 Å². The summed E-state index contributed by atoms with van der Waals surface area (Å²) in [7, 11) is -3.58. The van der Waals surface area contributed by atoms with Gasteiger partial charge in [0.05, 0.1) is 12.7 Å². The Labute approximate surface area is 125 Å². The number of hydrogen-bond acceptors (Lipinski definition) is 4. The predicted octanol–water partition coefficient (Wildman–Crippen LogP) is 1.84. The molecule has 0 spiro atoms.